The van der Waals surface area contributed by atoms with E-state index in [1.165, 1.54) is 24.8 Å². The maximum atomic E-state index is 5.49. The highest BCUT2D eigenvalue weighted by molar-refractivity contribution is 5.48. The van der Waals surface area contributed by atoms with Crippen molar-refractivity contribution in [2.75, 3.05) is 6.54 Å². The van der Waals surface area contributed by atoms with Crippen LogP contribution in [0.4, 0.5) is 0 Å². The molecule has 0 radical (unpaired) electrons. The van der Waals surface area contributed by atoms with Crippen molar-refractivity contribution in [3.63, 3.8) is 0 Å². The van der Waals surface area contributed by atoms with Gasteiger partial charge in [-0.2, -0.15) is 4.98 Å². The van der Waals surface area contributed by atoms with Gasteiger partial charge in [0.25, 0.3) is 5.89 Å². The minimum absolute atomic E-state index is 0.303. The van der Waals surface area contributed by atoms with Crippen LogP contribution < -0.4 is 0 Å². The van der Waals surface area contributed by atoms with E-state index >= 15 is 0 Å². The molecule has 0 aliphatic carbocycles. The van der Waals surface area contributed by atoms with Crippen molar-refractivity contribution in [3.8, 4) is 11.6 Å². The van der Waals surface area contributed by atoms with Gasteiger partial charge < -0.3 is 8.94 Å². The lowest BCUT2D eigenvalue weighted by molar-refractivity contribution is 0.243. The summed E-state index contributed by atoms with van der Waals surface area (Å²) in [5.41, 5.74) is 2.02. The van der Waals surface area contributed by atoms with Gasteiger partial charge in [-0.3, -0.25) is 4.90 Å². The Morgan fingerprint density at radius 2 is 2.08 bits per heavy atom. The molecule has 2 aliphatic rings. The van der Waals surface area contributed by atoms with Crippen LogP contribution in [0.5, 0.6) is 0 Å². The summed E-state index contributed by atoms with van der Waals surface area (Å²) < 4.78 is 10.7. The van der Waals surface area contributed by atoms with Gasteiger partial charge in [0.2, 0.25) is 0 Å². The maximum Gasteiger partial charge on any atom is 0.280 e. The molecule has 3 atom stereocenters. The van der Waals surface area contributed by atoms with Crippen molar-refractivity contribution in [1.29, 1.82) is 0 Å². The lowest BCUT2D eigenvalue weighted by atomic mass is 9.94. The fourth-order valence-electron chi connectivity index (χ4n) is 4.44. The van der Waals surface area contributed by atoms with Crippen molar-refractivity contribution in [2.24, 2.45) is 0 Å². The molecule has 0 bridgehead atoms. The van der Waals surface area contributed by atoms with E-state index in [1.54, 1.807) is 0 Å². The van der Waals surface area contributed by atoms with Gasteiger partial charge in [0.1, 0.15) is 5.76 Å². The Bertz CT molecular complexity index is 872. The van der Waals surface area contributed by atoms with E-state index in [4.69, 9.17) is 8.94 Å². The van der Waals surface area contributed by atoms with Gasteiger partial charge in [-0.1, -0.05) is 35.5 Å². The van der Waals surface area contributed by atoms with Gasteiger partial charge in [-0.15, -0.1) is 0 Å². The molecule has 0 amide bonds. The Labute approximate surface area is 145 Å². The summed E-state index contributed by atoms with van der Waals surface area (Å²) in [6.45, 7) is 3.00. The monoisotopic (exact) mass is 336 g/mol. The Hall–Kier alpha value is -2.47. The molecule has 5 rings (SSSR count). The first-order valence-corrected chi connectivity index (χ1v) is 8.86. The largest absolute Gasteiger partial charge is 0.448 e. The predicted octanol–water partition coefficient (Wildman–Crippen LogP) is 3.73. The highest BCUT2D eigenvalue weighted by Gasteiger charge is 2.46. The number of hydrogen-bond donors (Lipinski definition) is 0. The van der Waals surface area contributed by atoms with Crippen molar-refractivity contribution < 1.29 is 8.94 Å². The average molecular weight is 336 g/mol. The number of benzene rings is 1. The van der Waals surface area contributed by atoms with Crippen LogP contribution in [-0.2, 0) is 0 Å². The van der Waals surface area contributed by atoms with Gasteiger partial charge in [0, 0.05) is 18.0 Å². The molecule has 0 unspecified atom stereocenters. The van der Waals surface area contributed by atoms with Gasteiger partial charge in [-0.05, 0) is 38.3 Å². The topological polar surface area (TPSA) is 68.2 Å². The summed E-state index contributed by atoms with van der Waals surface area (Å²) in [5, 5.41) is 4.29. The van der Waals surface area contributed by atoms with Gasteiger partial charge >= 0.3 is 0 Å². The Kier molecular flexibility index (Phi) is 3.45. The van der Waals surface area contributed by atoms with Crippen molar-refractivity contribution in [2.45, 2.75) is 44.2 Å². The molecule has 4 heterocycles. The zero-order valence-corrected chi connectivity index (χ0v) is 14.1. The molecule has 1 aromatic carbocycles. The van der Waals surface area contributed by atoms with E-state index in [-0.39, 0.29) is 0 Å². The van der Waals surface area contributed by atoms with Gasteiger partial charge in [0.05, 0.1) is 0 Å². The van der Waals surface area contributed by atoms with Crippen LogP contribution >= 0.6 is 0 Å². The van der Waals surface area contributed by atoms with E-state index < -0.39 is 0 Å². The van der Waals surface area contributed by atoms with Crippen LogP contribution in [0.2, 0.25) is 0 Å². The third kappa shape index (κ3) is 2.40. The van der Waals surface area contributed by atoms with Crippen LogP contribution in [0, 0.1) is 6.92 Å². The van der Waals surface area contributed by atoms with E-state index in [9.17, 15) is 0 Å². The SMILES string of the molecule is Cc1ocnc1-c1nc([C@@H]2C[C@H](c3ccccc3)N3CCC[C@@H]23)no1. The molecule has 0 saturated carbocycles. The molecule has 3 aromatic rings. The van der Waals surface area contributed by atoms with Crippen LogP contribution in [-0.4, -0.2) is 32.6 Å². The predicted molar refractivity (Wildman–Crippen MR) is 90.8 cm³/mol. The zero-order valence-electron chi connectivity index (χ0n) is 14.1. The quantitative estimate of drug-likeness (QED) is 0.726. The number of aromatic nitrogens is 3. The number of aryl methyl sites for hydroxylation is 1. The second-order valence-electron chi connectivity index (χ2n) is 6.93. The first kappa shape index (κ1) is 14.8. The van der Waals surface area contributed by atoms with E-state index in [0.29, 0.717) is 35.3 Å². The van der Waals surface area contributed by atoms with Crippen molar-refractivity contribution in [3.05, 3.63) is 53.9 Å². The first-order valence-electron chi connectivity index (χ1n) is 8.86. The number of fused-ring (bicyclic) bond motifs is 1. The van der Waals surface area contributed by atoms with E-state index in [0.717, 1.165) is 18.8 Å². The Morgan fingerprint density at radius 1 is 1.20 bits per heavy atom. The summed E-state index contributed by atoms with van der Waals surface area (Å²) >= 11 is 0. The van der Waals surface area contributed by atoms with Gasteiger partial charge in [-0.25, -0.2) is 4.98 Å². The normalized spacial score (nSPS) is 26.2. The molecule has 0 spiro atoms. The third-order valence-electron chi connectivity index (χ3n) is 5.59. The molecule has 2 fully saturated rings. The summed E-state index contributed by atoms with van der Waals surface area (Å²) in [5.74, 6) is 2.25. The van der Waals surface area contributed by atoms with Crippen LogP contribution in [0.3, 0.4) is 0 Å². The van der Waals surface area contributed by atoms with Crippen LogP contribution in [0.1, 0.15) is 48.4 Å². The maximum absolute atomic E-state index is 5.49. The standard InChI is InChI=1S/C19H20N4O2/c1-12-17(20-11-24-12)19-21-18(22-25-19)14-10-16(13-6-3-2-4-7-13)23-9-5-8-15(14)23/h2-4,6-7,11,14-16H,5,8-10H2,1H3/t14-,15+,16-/m1/s1. The smallest absolute Gasteiger partial charge is 0.280 e. The Morgan fingerprint density at radius 3 is 2.88 bits per heavy atom. The molecule has 128 valence electrons. The minimum atomic E-state index is 0.303. The molecular weight excluding hydrogens is 316 g/mol. The van der Waals surface area contributed by atoms with Crippen molar-refractivity contribution in [1.82, 2.24) is 20.0 Å². The highest BCUT2D eigenvalue weighted by Crippen LogP contribution is 2.48. The number of rotatable bonds is 3. The lowest BCUT2D eigenvalue weighted by Crippen LogP contribution is -2.27. The second kappa shape index (κ2) is 5.81. The fourth-order valence-corrected chi connectivity index (χ4v) is 4.44. The summed E-state index contributed by atoms with van der Waals surface area (Å²) in [6, 6.07) is 11.7. The third-order valence-corrected chi connectivity index (χ3v) is 5.59. The highest BCUT2D eigenvalue weighted by atomic mass is 16.5. The summed E-state index contributed by atoms with van der Waals surface area (Å²) in [7, 11) is 0. The lowest BCUT2D eigenvalue weighted by Gasteiger charge is -2.24. The molecule has 0 N–H and O–H groups in total. The fraction of sp³-hybridized carbons (Fsp3) is 0.421. The van der Waals surface area contributed by atoms with E-state index in [1.807, 2.05) is 6.92 Å². The molecule has 2 aromatic heterocycles. The number of hydrogen-bond acceptors (Lipinski definition) is 6. The second-order valence-corrected chi connectivity index (χ2v) is 6.93. The van der Waals surface area contributed by atoms with Crippen LogP contribution in [0.15, 0.2) is 45.7 Å². The zero-order chi connectivity index (χ0) is 16.8. The molecular formula is C19H20N4O2. The summed E-state index contributed by atoms with van der Waals surface area (Å²) in [6.07, 6.45) is 4.87. The molecule has 6 heteroatoms. The molecule has 25 heavy (non-hydrogen) atoms. The van der Waals surface area contributed by atoms with Crippen molar-refractivity contribution >= 4 is 0 Å². The average Bonchev–Trinajstić information content (AvgIpc) is 3.39. The minimum Gasteiger partial charge on any atom is -0.448 e. The van der Waals surface area contributed by atoms with E-state index in [2.05, 4.69) is 50.4 Å². The summed E-state index contributed by atoms with van der Waals surface area (Å²) in [4.78, 5) is 11.5. The Balaban J connectivity index is 1.46. The number of nitrogens with zero attached hydrogens (tertiary/aromatic N) is 4. The molecule has 2 saturated heterocycles. The number of oxazole rings is 1. The van der Waals surface area contributed by atoms with Gasteiger partial charge in [0.15, 0.2) is 17.9 Å². The molecule has 6 nitrogen and oxygen atoms in total. The first-order chi connectivity index (χ1) is 12.3. The molecule has 2 aliphatic heterocycles. The van der Waals surface area contributed by atoms with Crippen LogP contribution in [0.25, 0.3) is 11.6 Å².